The number of anilines is 1. The molecule has 4 rings (SSSR count). The van der Waals surface area contributed by atoms with Gasteiger partial charge in [-0.1, -0.05) is 54.1 Å². The molecule has 0 saturated carbocycles. The highest BCUT2D eigenvalue weighted by Crippen LogP contribution is 2.24. The van der Waals surface area contributed by atoms with Crippen LogP contribution in [0.15, 0.2) is 71.8 Å². The highest BCUT2D eigenvalue weighted by Gasteiger charge is 2.34. The average molecular weight is 481 g/mol. The fourth-order valence-electron chi connectivity index (χ4n) is 4.14. The molecule has 1 aromatic heterocycles. The maximum absolute atomic E-state index is 12.6. The first kappa shape index (κ1) is 24.0. The molecular weight excluding hydrogens is 452 g/mol. The van der Waals surface area contributed by atoms with Crippen LogP contribution in [-0.2, 0) is 24.3 Å². The standard InChI is InChI=1S/C26H29ClN4O3/c27-22-9-6-21(7-10-22)17-28-23-16-25(33)31(19-29-23)18-26(34)12-14-30(15-13-26)24(32)11-8-20-4-2-1-3-5-20/h1-7,9-10,16,19,28,34H,8,11-15,17-18H2. The maximum Gasteiger partial charge on any atom is 0.255 e. The summed E-state index contributed by atoms with van der Waals surface area (Å²) in [5.74, 6) is 0.572. The van der Waals surface area contributed by atoms with Crippen molar-refractivity contribution in [3.63, 3.8) is 0 Å². The van der Waals surface area contributed by atoms with E-state index in [1.807, 2.05) is 59.5 Å². The molecule has 1 saturated heterocycles. The van der Waals surface area contributed by atoms with Gasteiger partial charge < -0.3 is 15.3 Å². The Bertz CT molecular complexity index is 1160. The predicted octanol–water partition coefficient (Wildman–Crippen LogP) is 3.50. The van der Waals surface area contributed by atoms with E-state index in [0.717, 1.165) is 11.1 Å². The molecule has 0 radical (unpaired) electrons. The van der Waals surface area contributed by atoms with Crippen molar-refractivity contribution < 1.29 is 9.90 Å². The van der Waals surface area contributed by atoms with Crippen molar-refractivity contribution in [1.82, 2.24) is 14.5 Å². The Hall–Kier alpha value is -3.16. The lowest BCUT2D eigenvalue weighted by Gasteiger charge is -2.38. The molecule has 1 amide bonds. The summed E-state index contributed by atoms with van der Waals surface area (Å²) in [5, 5.41) is 14.8. The van der Waals surface area contributed by atoms with E-state index in [1.165, 1.54) is 17.0 Å². The highest BCUT2D eigenvalue weighted by atomic mass is 35.5. The lowest BCUT2D eigenvalue weighted by Crippen LogP contribution is -2.49. The Balaban J connectivity index is 1.27. The van der Waals surface area contributed by atoms with E-state index in [0.29, 0.717) is 56.2 Å². The number of likely N-dealkylation sites (tertiary alicyclic amines) is 1. The van der Waals surface area contributed by atoms with Gasteiger partial charge in [0.2, 0.25) is 5.91 Å². The van der Waals surface area contributed by atoms with Crippen LogP contribution in [0, 0.1) is 0 Å². The van der Waals surface area contributed by atoms with E-state index in [4.69, 9.17) is 11.6 Å². The quantitative estimate of drug-likeness (QED) is 0.515. The second kappa shape index (κ2) is 10.8. The first-order valence-electron chi connectivity index (χ1n) is 11.5. The first-order valence-corrected chi connectivity index (χ1v) is 11.9. The number of nitrogens with zero attached hydrogens (tertiary/aromatic N) is 3. The Labute approximate surface area is 204 Å². The van der Waals surface area contributed by atoms with Crippen molar-refractivity contribution >= 4 is 23.3 Å². The van der Waals surface area contributed by atoms with E-state index >= 15 is 0 Å². The number of hydrogen-bond donors (Lipinski definition) is 2. The molecule has 1 aliphatic heterocycles. The van der Waals surface area contributed by atoms with Gasteiger partial charge in [-0.25, -0.2) is 4.98 Å². The van der Waals surface area contributed by atoms with Crippen molar-refractivity contribution in [2.24, 2.45) is 0 Å². The van der Waals surface area contributed by atoms with Gasteiger partial charge in [-0.05, 0) is 42.5 Å². The molecular formula is C26H29ClN4O3. The molecule has 3 aromatic rings. The zero-order chi connectivity index (χ0) is 24.0. The number of nitrogens with one attached hydrogen (secondary N) is 1. The van der Waals surface area contributed by atoms with Crippen molar-refractivity contribution in [3.8, 4) is 0 Å². The number of carbonyl (C=O) groups excluding carboxylic acids is 1. The number of hydrogen-bond acceptors (Lipinski definition) is 5. The van der Waals surface area contributed by atoms with Crippen LogP contribution in [0.3, 0.4) is 0 Å². The van der Waals surface area contributed by atoms with Crippen molar-refractivity contribution in [3.05, 3.63) is 93.5 Å². The summed E-state index contributed by atoms with van der Waals surface area (Å²) in [6.07, 6.45) is 3.47. The number of halogens is 1. The molecule has 0 bridgehead atoms. The van der Waals surface area contributed by atoms with Crippen LogP contribution >= 0.6 is 11.6 Å². The van der Waals surface area contributed by atoms with Gasteiger partial charge in [0.1, 0.15) is 5.82 Å². The summed E-state index contributed by atoms with van der Waals surface area (Å²) in [5.41, 5.74) is 0.889. The van der Waals surface area contributed by atoms with Gasteiger partial charge in [-0.15, -0.1) is 0 Å². The van der Waals surface area contributed by atoms with Gasteiger partial charge >= 0.3 is 0 Å². The largest absolute Gasteiger partial charge is 0.388 e. The second-order valence-electron chi connectivity index (χ2n) is 8.81. The molecule has 0 spiro atoms. The van der Waals surface area contributed by atoms with Crippen LogP contribution in [0.25, 0.3) is 0 Å². The lowest BCUT2D eigenvalue weighted by molar-refractivity contribution is -0.135. The number of aryl methyl sites for hydroxylation is 1. The Kier molecular flexibility index (Phi) is 7.65. The number of piperidine rings is 1. The van der Waals surface area contributed by atoms with Gasteiger partial charge in [-0.2, -0.15) is 0 Å². The van der Waals surface area contributed by atoms with E-state index in [1.54, 1.807) is 0 Å². The summed E-state index contributed by atoms with van der Waals surface area (Å²) < 4.78 is 1.43. The molecule has 2 heterocycles. The molecule has 34 heavy (non-hydrogen) atoms. The molecule has 0 atom stereocenters. The van der Waals surface area contributed by atoms with E-state index in [9.17, 15) is 14.7 Å². The van der Waals surface area contributed by atoms with E-state index < -0.39 is 5.60 Å². The zero-order valence-electron chi connectivity index (χ0n) is 19.0. The van der Waals surface area contributed by atoms with Gasteiger partial charge in [0.05, 0.1) is 18.5 Å². The number of carbonyl (C=O) groups is 1. The molecule has 8 heteroatoms. The number of amides is 1. The highest BCUT2D eigenvalue weighted by molar-refractivity contribution is 6.30. The summed E-state index contributed by atoms with van der Waals surface area (Å²) >= 11 is 5.90. The average Bonchev–Trinajstić information content (AvgIpc) is 2.85. The second-order valence-corrected chi connectivity index (χ2v) is 9.25. The fourth-order valence-corrected chi connectivity index (χ4v) is 4.26. The third-order valence-electron chi connectivity index (χ3n) is 6.25. The van der Waals surface area contributed by atoms with Crippen LogP contribution in [0.1, 0.15) is 30.4 Å². The number of rotatable bonds is 8. The predicted molar refractivity (Wildman–Crippen MR) is 133 cm³/mol. The number of benzene rings is 2. The Morgan fingerprint density at radius 1 is 1.06 bits per heavy atom. The lowest BCUT2D eigenvalue weighted by atomic mass is 9.91. The van der Waals surface area contributed by atoms with Crippen molar-refractivity contribution in [1.29, 1.82) is 0 Å². The van der Waals surface area contributed by atoms with Gasteiger partial charge in [0, 0.05) is 37.1 Å². The molecule has 7 nitrogen and oxygen atoms in total. The topological polar surface area (TPSA) is 87.5 Å². The number of aromatic nitrogens is 2. The summed E-state index contributed by atoms with van der Waals surface area (Å²) in [4.78, 5) is 31.3. The van der Waals surface area contributed by atoms with E-state index in [2.05, 4.69) is 10.3 Å². The minimum atomic E-state index is -1.04. The molecule has 2 N–H and O–H groups in total. The van der Waals surface area contributed by atoms with E-state index in [-0.39, 0.29) is 18.0 Å². The van der Waals surface area contributed by atoms with Crippen LogP contribution in [0.4, 0.5) is 5.82 Å². The van der Waals surface area contributed by atoms with Crippen molar-refractivity contribution in [2.75, 3.05) is 18.4 Å². The molecule has 2 aromatic carbocycles. The maximum atomic E-state index is 12.6. The van der Waals surface area contributed by atoms with Gasteiger partial charge in [0.15, 0.2) is 0 Å². The third kappa shape index (κ3) is 6.46. The summed E-state index contributed by atoms with van der Waals surface area (Å²) in [6.45, 7) is 1.63. The molecule has 1 aliphatic rings. The smallest absolute Gasteiger partial charge is 0.255 e. The van der Waals surface area contributed by atoms with Gasteiger partial charge in [-0.3, -0.25) is 14.2 Å². The SMILES string of the molecule is O=C(CCc1ccccc1)N1CCC(O)(Cn2cnc(NCc3ccc(Cl)cc3)cc2=O)CC1. The van der Waals surface area contributed by atoms with Crippen LogP contribution in [0.5, 0.6) is 0 Å². The minimum Gasteiger partial charge on any atom is -0.388 e. The molecule has 1 fully saturated rings. The summed E-state index contributed by atoms with van der Waals surface area (Å²) in [7, 11) is 0. The third-order valence-corrected chi connectivity index (χ3v) is 6.50. The normalized spacial score (nSPS) is 15.2. The van der Waals surface area contributed by atoms with Crippen molar-refractivity contribution in [2.45, 2.75) is 44.4 Å². The molecule has 0 unspecified atom stereocenters. The van der Waals surface area contributed by atoms with Crippen LogP contribution < -0.4 is 10.9 Å². The number of aliphatic hydroxyl groups is 1. The van der Waals surface area contributed by atoms with Crippen LogP contribution in [0.2, 0.25) is 5.02 Å². The molecule has 0 aliphatic carbocycles. The molecule has 178 valence electrons. The fraction of sp³-hybridized carbons (Fsp3) is 0.346. The minimum absolute atomic E-state index is 0.0980. The Morgan fingerprint density at radius 2 is 1.76 bits per heavy atom. The van der Waals surface area contributed by atoms with Gasteiger partial charge in [0.25, 0.3) is 5.56 Å². The zero-order valence-corrected chi connectivity index (χ0v) is 19.7. The first-order chi connectivity index (χ1) is 16.4. The monoisotopic (exact) mass is 480 g/mol. The Morgan fingerprint density at radius 3 is 2.44 bits per heavy atom. The van der Waals surface area contributed by atoms with Crippen LogP contribution in [-0.4, -0.2) is 44.2 Å². The summed E-state index contributed by atoms with van der Waals surface area (Å²) in [6, 6.07) is 18.8.